The number of ether oxygens (including phenoxy) is 2. The number of aromatic nitrogens is 2. The van der Waals surface area contributed by atoms with Gasteiger partial charge in [0, 0.05) is 13.1 Å². The van der Waals surface area contributed by atoms with Crippen LogP contribution in [-0.4, -0.2) is 22.6 Å². The Hall–Kier alpha value is -3.41. The molecule has 26 heavy (non-hydrogen) atoms. The van der Waals surface area contributed by atoms with Crippen LogP contribution in [0.25, 0.3) is 16.7 Å². The molecule has 0 fully saturated rings. The Bertz CT molecular complexity index is 1050. The highest BCUT2D eigenvalue weighted by atomic mass is 16.5. The molecule has 0 saturated carbocycles. The molecule has 0 amide bonds. The lowest BCUT2D eigenvalue weighted by Gasteiger charge is -2.17. The molecule has 3 rings (SSSR count). The van der Waals surface area contributed by atoms with Crippen molar-refractivity contribution in [3.8, 4) is 17.2 Å². The molecule has 6 nitrogen and oxygen atoms in total. The molecule has 0 aliphatic carbocycles. The predicted molar refractivity (Wildman–Crippen MR) is 99.1 cm³/mol. The van der Waals surface area contributed by atoms with E-state index in [1.807, 2.05) is 12.1 Å². The van der Waals surface area contributed by atoms with Crippen LogP contribution >= 0.6 is 0 Å². The first-order chi connectivity index (χ1) is 12.6. The minimum atomic E-state index is -0.505. The zero-order valence-corrected chi connectivity index (χ0v) is 14.6. The molecule has 3 aromatic rings. The molecule has 1 aromatic carbocycles. The van der Waals surface area contributed by atoms with E-state index in [2.05, 4.69) is 11.6 Å². The molecule has 2 heterocycles. The maximum Gasteiger partial charge on any atom is 0.308 e. The van der Waals surface area contributed by atoms with E-state index >= 15 is 0 Å². The number of carbonyl (C=O) groups excluding carboxylic acids is 1. The number of carbonyl (C=O) groups is 1. The SMILES string of the molecule is C=CCc1c(OC(C)=O)c2cccnc2n(-c2ccccc2OC)c1=O. The van der Waals surface area contributed by atoms with Gasteiger partial charge in [0.05, 0.1) is 23.7 Å². The summed E-state index contributed by atoms with van der Waals surface area (Å²) < 4.78 is 12.2. The largest absolute Gasteiger partial charge is 0.495 e. The maximum absolute atomic E-state index is 13.3. The average Bonchev–Trinajstić information content (AvgIpc) is 2.64. The van der Waals surface area contributed by atoms with Gasteiger partial charge >= 0.3 is 5.97 Å². The van der Waals surface area contributed by atoms with E-state index in [0.29, 0.717) is 28.0 Å². The van der Waals surface area contributed by atoms with Crippen molar-refractivity contribution in [2.75, 3.05) is 7.11 Å². The summed E-state index contributed by atoms with van der Waals surface area (Å²) in [5.74, 6) is 0.248. The highest BCUT2D eigenvalue weighted by molar-refractivity contribution is 5.88. The van der Waals surface area contributed by atoms with E-state index < -0.39 is 5.97 Å². The number of para-hydroxylation sites is 2. The Kier molecular flexibility index (Phi) is 4.84. The molecule has 6 heteroatoms. The predicted octanol–water partition coefficient (Wildman–Crippen LogP) is 3.05. The van der Waals surface area contributed by atoms with Crippen molar-refractivity contribution in [2.24, 2.45) is 0 Å². The second kappa shape index (κ2) is 7.23. The number of esters is 1. The number of hydrogen-bond acceptors (Lipinski definition) is 5. The normalized spacial score (nSPS) is 10.5. The first kappa shape index (κ1) is 17.4. The third-order valence-electron chi connectivity index (χ3n) is 3.90. The summed E-state index contributed by atoms with van der Waals surface area (Å²) in [7, 11) is 1.54. The van der Waals surface area contributed by atoms with E-state index in [1.165, 1.54) is 18.6 Å². The van der Waals surface area contributed by atoms with Crippen LogP contribution in [0, 0.1) is 0 Å². The Balaban J connectivity index is 2.48. The van der Waals surface area contributed by atoms with Crippen molar-refractivity contribution in [3.05, 3.63) is 71.2 Å². The fraction of sp³-hybridized carbons (Fsp3) is 0.150. The highest BCUT2D eigenvalue weighted by Crippen LogP contribution is 2.31. The van der Waals surface area contributed by atoms with Gasteiger partial charge in [-0.3, -0.25) is 14.2 Å². The van der Waals surface area contributed by atoms with Crippen LogP contribution in [-0.2, 0) is 11.2 Å². The highest BCUT2D eigenvalue weighted by Gasteiger charge is 2.21. The molecule has 0 aliphatic rings. The fourth-order valence-electron chi connectivity index (χ4n) is 2.87. The van der Waals surface area contributed by atoms with Gasteiger partial charge in [0.25, 0.3) is 5.56 Å². The topological polar surface area (TPSA) is 70.4 Å². The molecule has 0 radical (unpaired) electrons. The number of nitrogens with zero attached hydrogens (tertiary/aromatic N) is 2. The van der Waals surface area contributed by atoms with Gasteiger partial charge in [-0.1, -0.05) is 18.2 Å². The van der Waals surface area contributed by atoms with Crippen LogP contribution in [0.3, 0.4) is 0 Å². The van der Waals surface area contributed by atoms with E-state index in [9.17, 15) is 9.59 Å². The van der Waals surface area contributed by atoms with Crippen molar-refractivity contribution in [3.63, 3.8) is 0 Å². The monoisotopic (exact) mass is 350 g/mol. The minimum absolute atomic E-state index is 0.219. The number of allylic oxidation sites excluding steroid dienone is 1. The van der Waals surface area contributed by atoms with Gasteiger partial charge in [-0.25, -0.2) is 4.98 Å². The summed E-state index contributed by atoms with van der Waals surface area (Å²) in [6.45, 7) is 5.00. The third kappa shape index (κ3) is 2.97. The van der Waals surface area contributed by atoms with Gasteiger partial charge in [-0.15, -0.1) is 6.58 Å². The molecule has 0 atom stereocenters. The van der Waals surface area contributed by atoms with Gasteiger partial charge in [-0.2, -0.15) is 0 Å². The molecule has 2 aromatic heterocycles. The van der Waals surface area contributed by atoms with Gasteiger partial charge in [-0.05, 0) is 30.7 Å². The zero-order chi connectivity index (χ0) is 18.7. The molecule has 0 unspecified atom stereocenters. The maximum atomic E-state index is 13.3. The Morgan fingerprint density at radius 1 is 1.27 bits per heavy atom. The van der Waals surface area contributed by atoms with Crippen molar-refractivity contribution in [1.29, 1.82) is 0 Å². The smallest absolute Gasteiger partial charge is 0.308 e. The Labute approximate surface area is 150 Å². The molecule has 0 N–H and O–H groups in total. The summed E-state index contributed by atoms with van der Waals surface area (Å²) in [6, 6.07) is 10.7. The molecule has 0 spiro atoms. The number of hydrogen-bond donors (Lipinski definition) is 0. The minimum Gasteiger partial charge on any atom is -0.495 e. The quantitative estimate of drug-likeness (QED) is 0.522. The van der Waals surface area contributed by atoms with E-state index in [1.54, 1.807) is 36.5 Å². The summed E-state index contributed by atoms with van der Waals surface area (Å²) in [5, 5.41) is 0.560. The number of methoxy groups -OCH3 is 1. The van der Waals surface area contributed by atoms with Crippen molar-refractivity contribution >= 4 is 17.0 Å². The summed E-state index contributed by atoms with van der Waals surface area (Å²) in [6.07, 6.45) is 3.43. The lowest BCUT2D eigenvalue weighted by atomic mass is 10.1. The van der Waals surface area contributed by atoms with Crippen LogP contribution < -0.4 is 15.0 Å². The third-order valence-corrected chi connectivity index (χ3v) is 3.90. The molecular weight excluding hydrogens is 332 g/mol. The van der Waals surface area contributed by atoms with Crippen LogP contribution in [0.15, 0.2) is 60.0 Å². The first-order valence-electron chi connectivity index (χ1n) is 8.03. The number of benzene rings is 1. The average molecular weight is 350 g/mol. The fourth-order valence-corrected chi connectivity index (χ4v) is 2.87. The van der Waals surface area contributed by atoms with Crippen molar-refractivity contribution in [2.45, 2.75) is 13.3 Å². The van der Waals surface area contributed by atoms with Crippen LogP contribution in [0.5, 0.6) is 11.5 Å². The first-order valence-corrected chi connectivity index (χ1v) is 8.03. The van der Waals surface area contributed by atoms with Gasteiger partial charge in [0.2, 0.25) is 0 Å². The Morgan fingerprint density at radius 3 is 2.73 bits per heavy atom. The van der Waals surface area contributed by atoms with Gasteiger partial charge in [0.1, 0.15) is 5.75 Å². The van der Waals surface area contributed by atoms with Crippen molar-refractivity contribution in [1.82, 2.24) is 9.55 Å². The van der Waals surface area contributed by atoms with Crippen LogP contribution in [0.1, 0.15) is 12.5 Å². The molecule has 0 aliphatic heterocycles. The van der Waals surface area contributed by atoms with E-state index in [0.717, 1.165) is 0 Å². The summed E-state index contributed by atoms with van der Waals surface area (Å²) in [5.41, 5.74) is 0.938. The van der Waals surface area contributed by atoms with Crippen LogP contribution in [0.2, 0.25) is 0 Å². The number of pyridine rings is 2. The summed E-state index contributed by atoms with van der Waals surface area (Å²) in [4.78, 5) is 29.2. The number of rotatable bonds is 5. The van der Waals surface area contributed by atoms with Gasteiger partial charge in [0.15, 0.2) is 11.4 Å². The van der Waals surface area contributed by atoms with Crippen LogP contribution in [0.4, 0.5) is 0 Å². The standard InChI is InChI=1S/C20H18N2O4/c1-4-8-15-18(26-13(2)23)14-9-7-12-21-19(14)22(20(15)24)16-10-5-6-11-17(16)25-3/h4-7,9-12H,1,8H2,2-3H3. The molecule has 0 saturated heterocycles. The number of fused-ring (bicyclic) bond motifs is 1. The van der Waals surface area contributed by atoms with Gasteiger partial charge < -0.3 is 9.47 Å². The lowest BCUT2D eigenvalue weighted by molar-refractivity contribution is -0.131. The lowest BCUT2D eigenvalue weighted by Crippen LogP contribution is -2.25. The molecule has 0 bridgehead atoms. The second-order valence-corrected chi connectivity index (χ2v) is 5.58. The van der Waals surface area contributed by atoms with E-state index in [-0.39, 0.29) is 17.7 Å². The molecular formula is C20H18N2O4. The Morgan fingerprint density at radius 2 is 2.04 bits per heavy atom. The zero-order valence-electron chi connectivity index (χ0n) is 14.6. The second-order valence-electron chi connectivity index (χ2n) is 5.58. The molecule has 132 valence electrons. The van der Waals surface area contributed by atoms with Crippen molar-refractivity contribution < 1.29 is 14.3 Å². The summed E-state index contributed by atoms with van der Waals surface area (Å²) >= 11 is 0. The van der Waals surface area contributed by atoms with E-state index in [4.69, 9.17) is 9.47 Å².